The summed E-state index contributed by atoms with van der Waals surface area (Å²) in [5.74, 6) is 0.603. The molecule has 1 aromatic carbocycles. The van der Waals surface area contributed by atoms with E-state index in [-0.39, 0.29) is 0 Å². The maximum atomic E-state index is 13.2. The molecule has 0 spiro atoms. The zero-order valence-corrected chi connectivity index (χ0v) is 12.5. The third kappa shape index (κ3) is 2.34. The Hall–Kier alpha value is -1.49. The molecule has 2 aromatic rings. The summed E-state index contributed by atoms with van der Waals surface area (Å²) in [6, 6.07) is 9.63. The van der Waals surface area contributed by atoms with Crippen LogP contribution in [0.25, 0.3) is 11.4 Å². The number of hydrogen-bond donors (Lipinski definition) is 0. The molecule has 19 heavy (non-hydrogen) atoms. The van der Waals surface area contributed by atoms with Gasteiger partial charge in [0.2, 0.25) is 0 Å². The van der Waals surface area contributed by atoms with E-state index in [0.29, 0.717) is 5.82 Å². The highest BCUT2D eigenvalue weighted by atomic mass is 31.2. The smallest absolute Gasteiger partial charge is 0.262 e. The summed E-state index contributed by atoms with van der Waals surface area (Å²) < 4.78 is 18.0. The zero-order chi connectivity index (χ0) is 14.0. The molecule has 0 N–H and O–H groups in total. The highest BCUT2D eigenvalue weighted by molar-refractivity contribution is 7.57. The Morgan fingerprint density at radius 1 is 1.05 bits per heavy atom. The summed E-state index contributed by atoms with van der Waals surface area (Å²) in [5.41, 5.74) is 0.893. The fourth-order valence-corrected chi connectivity index (χ4v) is 3.89. The Labute approximate surface area is 113 Å². The molecule has 0 aliphatic rings. The van der Waals surface area contributed by atoms with Gasteiger partial charge in [0.1, 0.15) is 6.33 Å². The number of aromatic nitrogens is 3. The van der Waals surface area contributed by atoms with Crippen LogP contribution in [-0.2, 0) is 4.57 Å². The highest BCUT2D eigenvalue weighted by Gasteiger charge is 2.34. The van der Waals surface area contributed by atoms with E-state index in [4.69, 9.17) is 0 Å². The van der Waals surface area contributed by atoms with Gasteiger partial charge in [-0.1, -0.05) is 30.3 Å². The van der Waals surface area contributed by atoms with Crippen LogP contribution in [0.15, 0.2) is 36.7 Å². The second-order valence-electron chi connectivity index (χ2n) is 4.55. The first kappa shape index (κ1) is 13.9. The Balaban J connectivity index is 2.59. The molecule has 6 nitrogen and oxygen atoms in total. The highest BCUT2D eigenvalue weighted by Crippen LogP contribution is 2.51. The maximum absolute atomic E-state index is 13.2. The normalized spacial score (nSPS) is 12.3. The number of rotatable bonds is 4. The van der Waals surface area contributed by atoms with Crippen LogP contribution in [0.2, 0.25) is 0 Å². The quantitative estimate of drug-likeness (QED) is 0.801. The molecule has 7 heteroatoms. The van der Waals surface area contributed by atoms with Crippen molar-refractivity contribution in [1.82, 2.24) is 23.9 Å². The molecule has 0 atom stereocenters. The predicted octanol–water partition coefficient (Wildman–Crippen LogP) is 2.02. The first-order valence-corrected chi connectivity index (χ1v) is 7.46. The molecule has 0 bridgehead atoms. The average molecular weight is 279 g/mol. The molecular weight excluding hydrogens is 261 g/mol. The third-order valence-corrected chi connectivity index (χ3v) is 5.72. The van der Waals surface area contributed by atoms with Gasteiger partial charge in [-0.3, -0.25) is 4.57 Å². The maximum Gasteiger partial charge on any atom is 0.331 e. The SMILES string of the molecule is CN(C)P(=O)(N(C)C)n1ncnc1-c1ccccc1. The number of hydrogen-bond acceptors (Lipinski definition) is 3. The summed E-state index contributed by atoms with van der Waals surface area (Å²) in [7, 11) is 4.14. The van der Waals surface area contributed by atoms with Gasteiger partial charge < -0.3 is 0 Å². The molecule has 0 saturated heterocycles. The standard InChI is InChI=1S/C12H18N5OP/c1-15(2)19(18,16(3)4)17-12(13-10-14-17)11-8-6-5-7-9-11/h5-10H,1-4H3. The lowest BCUT2D eigenvalue weighted by Crippen LogP contribution is -2.26. The van der Waals surface area contributed by atoms with Gasteiger partial charge in [0.05, 0.1) is 0 Å². The van der Waals surface area contributed by atoms with E-state index in [9.17, 15) is 4.57 Å². The van der Waals surface area contributed by atoms with Gasteiger partial charge in [-0.25, -0.2) is 14.3 Å². The van der Waals surface area contributed by atoms with E-state index in [0.717, 1.165) is 5.56 Å². The van der Waals surface area contributed by atoms with Gasteiger partial charge in [-0.05, 0) is 28.2 Å². The van der Waals surface area contributed by atoms with Crippen molar-refractivity contribution >= 4 is 7.59 Å². The van der Waals surface area contributed by atoms with E-state index in [1.165, 1.54) is 10.8 Å². The summed E-state index contributed by atoms with van der Waals surface area (Å²) in [4.78, 5) is 4.24. The lowest BCUT2D eigenvalue weighted by molar-refractivity contribution is 0.431. The first-order chi connectivity index (χ1) is 8.98. The topological polar surface area (TPSA) is 54.3 Å². The van der Waals surface area contributed by atoms with Crippen LogP contribution in [0.3, 0.4) is 0 Å². The molecule has 1 aromatic heterocycles. The van der Waals surface area contributed by atoms with E-state index in [1.54, 1.807) is 37.5 Å². The number of nitrogens with zero attached hydrogens (tertiary/aromatic N) is 5. The van der Waals surface area contributed by atoms with Crippen LogP contribution in [-0.4, -0.2) is 52.1 Å². The minimum absolute atomic E-state index is 0.603. The van der Waals surface area contributed by atoms with Gasteiger partial charge in [0.15, 0.2) is 5.82 Å². The van der Waals surface area contributed by atoms with E-state index < -0.39 is 7.59 Å². The van der Waals surface area contributed by atoms with Crippen LogP contribution in [0, 0.1) is 0 Å². The van der Waals surface area contributed by atoms with Crippen molar-refractivity contribution in [3.63, 3.8) is 0 Å². The minimum atomic E-state index is -2.96. The molecule has 0 amide bonds. The fraction of sp³-hybridized carbons (Fsp3) is 0.333. The van der Waals surface area contributed by atoms with Crippen molar-refractivity contribution in [2.24, 2.45) is 0 Å². The zero-order valence-electron chi connectivity index (χ0n) is 11.6. The van der Waals surface area contributed by atoms with Crippen LogP contribution in [0.5, 0.6) is 0 Å². The second-order valence-corrected chi connectivity index (χ2v) is 7.55. The second kappa shape index (κ2) is 5.25. The van der Waals surface area contributed by atoms with Crippen LogP contribution in [0.1, 0.15) is 0 Å². The molecule has 0 unspecified atom stereocenters. The molecule has 2 rings (SSSR count). The van der Waals surface area contributed by atoms with Crippen molar-refractivity contribution in [2.45, 2.75) is 0 Å². The summed E-state index contributed by atoms with van der Waals surface area (Å²) in [6.07, 6.45) is 1.43. The van der Waals surface area contributed by atoms with Crippen LogP contribution < -0.4 is 0 Å². The van der Waals surface area contributed by atoms with Crippen molar-refractivity contribution in [3.8, 4) is 11.4 Å². The van der Waals surface area contributed by atoms with Gasteiger partial charge in [-0.15, -0.1) is 0 Å². The molecule has 0 saturated carbocycles. The van der Waals surface area contributed by atoms with E-state index in [1.807, 2.05) is 30.3 Å². The average Bonchev–Trinajstić information content (AvgIpc) is 2.87. The Morgan fingerprint density at radius 2 is 1.63 bits per heavy atom. The van der Waals surface area contributed by atoms with Crippen molar-refractivity contribution < 1.29 is 4.57 Å². The van der Waals surface area contributed by atoms with Gasteiger partial charge >= 0.3 is 7.59 Å². The minimum Gasteiger partial charge on any atom is -0.262 e. The van der Waals surface area contributed by atoms with Crippen molar-refractivity contribution in [1.29, 1.82) is 0 Å². The summed E-state index contributed by atoms with van der Waals surface area (Å²) >= 11 is 0. The van der Waals surface area contributed by atoms with Gasteiger partial charge in [0, 0.05) is 5.56 Å². The van der Waals surface area contributed by atoms with E-state index in [2.05, 4.69) is 10.1 Å². The lowest BCUT2D eigenvalue weighted by atomic mass is 10.2. The largest absolute Gasteiger partial charge is 0.331 e. The molecule has 0 fully saturated rings. The monoisotopic (exact) mass is 279 g/mol. The van der Waals surface area contributed by atoms with Gasteiger partial charge in [-0.2, -0.15) is 9.55 Å². The lowest BCUT2D eigenvalue weighted by Gasteiger charge is -2.30. The molecule has 0 radical (unpaired) electrons. The fourth-order valence-electron chi connectivity index (χ4n) is 1.90. The first-order valence-electron chi connectivity index (χ1n) is 5.90. The Bertz CT molecular complexity index is 581. The van der Waals surface area contributed by atoms with Gasteiger partial charge in [0.25, 0.3) is 0 Å². The molecular formula is C12H18N5OP. The third-order valence-electron chi connectivity index (χ3n) is 2.85. The molecule has 0 aliphatic carbocycles. The molecule has 102 valence electrons. The Kier molecular flexibility index (Phi) is 3.85. The summed E-state index contributed by atoms with van der Waals surface area (Å²) in [6.45, 7) is 0. The Morgan fingerprint density at radius 3 is 2.16 bits per heavy atom. The van der Waals surface area contributed by atoms with Crippen molar-refractivity contribution in [3.05, 3.63) is 36.7 Å². The van der Waals surface area contributed by atoms with Crippen molar-refractivity contribution in [2.75, 3.05) is 28.2 Å². The van der Waals surface area contributed by atoms with Crippen LogP contribution >= 0.6 is 7.59 Å². The number of benzene rings is 1. The molecule has 1 heterocycles. The predicted molar refractivity (Wildman–Crippen MR) is 75.8 cm³/mol. The van der Waals surface area contributed by atoms with E-state index >= 15 is 0 Å². The molecule has 0 aliphatic heterocycles. The summed E-state index contributed by atoms with van der Waals surface area (Å²) in [5, 5.41) is 4.17. The van der Waals surface area contributed by atoms with Crippen LogP contribution in [0.4, 0.5) is 0 Å².